The van der Waals surface area contributed by atoms with Gasteiger partial charge in [-0.3, -0.25) is 13.7 Å². The van der Waals surface area contributed by atoms with Gasteiger partial charge in [-0.2, -0.15) is 4.98 Å². The molecule has 0 saturated carbocycles. The number of hydrogen-bond acceptors (Lipinski definition) is 13. The molecule has 0 spiro atoms. The molecule has 1 aromatic heterocycles. The summed E-state index contributed by atoms with van der Waals surface area (Å²) in [6.45, 7) is -0.927. The van der Waals surface area contributed by atoms with E-state index >= 15 is 0 Å². The van der Waals surface area contributed by atoms with Crippen molar-refractivity contribution in [2.45, 2.75) is 24.9 Å². The molecule has 0 amide bonds. The Labute approximate surface area is 212 Å². The van der Waals surface area contributed by atoms with Crippen molar-refractivity contribution in [3.8, 4) is 0 Å². The number of aromatic nitrogens is 2. The molecule has 5 N–H and O–H groups in total. The first-order valence-corrected chi connectivity index (χ1v) is 11.6. The minimum Gasteiger partial charge on any atom is -0.756 e. The number of nitrogen functional groups attached to an aromatic ring is 1. The fourth-order valence-electron chi connectivity index (χ4n) is 2.14. The van der Waals surface area contributed by atoms with E-state index in [-0.39, 0.29) is 71.4 Å². The van der Waals surface area contributed by atoms with Gasteiger partial charge in [0.15, 0.2) is 0 Å². The number of nitrogens with zero attached hydrogens (tertiary/aromatic N) is 2. The van der Waals surface area contributed by atoms with Gasteiger partial charge in [-0.25, -0.2) is 18.0 Å². The zero-order valence-electron chi connectivity index (χ0n) is 15.5. The fourth-order valence-corrected chi connectivity index (χ4v) is 5.10. The summed E-state index contributed by atoms with van der Waals surface area (Å²) >= 11 is 0. The molecule has 1 aliphatic rings. The predicted octanol–water partition coefficient (Wildman–Crippen LogP) is -8.44. The van der Waals surface area contributed by atoms with Crippen molar-refractivity contribution in [2.75, 3.05) is 12.3 Å². The molecule has 0 aliphatic carbocycles. The summed E-state index contributed by atoms with van der Waals surface area (Å²) in [4.78, 5) is 54.4. The van der Waals surface area contributed by atoms with Crippen molar-refractivity contribution < 1.29 is 115 Å². The normalized spacial score (nSPS) is 27.0. The second kappa shape index (κ2) is 11.9. The molecule has 2 rings (SSSR count). The van der Waals surface area contributed by atoms with Crippen molar-refractivity contribution in [3.63, 3.8) is 0 Å². The first kappa shape index (κ1) is 31.0. The summed E-state index contributed by atoms with van der Waals surface area (Å²) in [7, 11) is -17.2. The maximum absolute atomic E-state index is 11.8. The van der Waals surface area contributed by atoms with E-state index in [1.807, 2.05) is 0 Å². The molecule has 6 atom stereocenters. The average Bonchev–Trinajstić information content (AvgIpc) is 2.82. The minimum absolute atomic E-state index is 0. The Morgan fingerprint density at radius 3 is 2.40 bits per heavy atom. The molecule has 21 heteroatoms. The molecule has 30 heavy (non-hydrogen) atoms. The van der Waals surface area contributed by atoms with Crippen molar-refractivity contribution in [1.29, 1.82) is 0 Å². The van der Waals surface area contributed by atoms with Crippen molar-refractivity contribution in [1.82, 2.24) is 9.55 Å². The summed E-state index contributed by atoms with van der Waals surface area (Å²) < 4.78 is 50.4. The van der Waals surface area contributed by atoms with Crippen LogP contribution in [-0.2, 0) is 31.6 Å². The number of hydrogen-bond donors (Lipinski definition) is 4. The Bertz CT molecular complexity index is 925. The van der Waals surface area contributed by atoms with Gasteiger partial charge in [-0.1, -0.05) is 0 Å². The molecule has 160 valence electrons. The Hall–Kier alpha value is 1.01. The van der Waals surface area contributed by atoms with Gasteiger partial charge in [0.1, 0.15) is 18.1 Å². The zero-order valence-corrected chi connectivity index (χ0v) is 22.2. The third kappa shape index (κ3) is 9.87. The molecule has 0 bridgehead atoms. The molecule has 1 fully saturated rings. The zero-order chi connectivity index (χ0) is 21.3. The molecular formula is C9H14N3Na2O13P3. The quantitative estimate of drug-likeness (QED) is 0.187. The predicted molar refractivity (Wildman–Crippen MR) is 82.8 cm³/mol. The Morgan fingerprint density at radius 2 is 1.87 bits per heavy atom. The van der Waals surface area contributed by atoms with Gasteiger partial charge in [-0.15, -0.1) is 0 Å². The van der Waals surface area contributed by atoms with Crippen LogP contribution in [0.25, 0.3) is 0 Å². The largest absolute Gasteiger partial charge is 1.00 e. The Morgan fingerprint density at radius 1 is 1.27 bits per heavy atom. The number of ether oxygens (including phenoxy) is 1. The number of phosphoric acid groups is 3. The van der Waals surface area contributed by atoms with Crippen molar-refractivity contribution in [2.24, 2.45) is 0 Å². The van der Waals surface area contributed by atoms with E-state index in [0.29, 0.717) is 0 Å². The van der Waals surface area contributed by atoms with Crippen LogP contribution < -0.4 is 80.3 Å². The molecule has 0 radical (unpaired) electrons. The van der Waals surface area contributed by atoms with E-state index in [4.69, 9.17) is 20.3 Å². The first-order valence-electron chi connectivity index (χ1n) is 7.10. The first-order chi connectivity index (χ1) is 12.7. The molecular weight excluding hydrogens is 497 g/mol. The Kier molecular flexibility index (Phi) is 12.3. The van der Waals surface area contributed by atoms with E-state index in [2.05, 4.69) is 18.1 Å². The number of anilines is 1. The van der Waals surface area contributed by atoms with E-state index in [1.54, 1.807) is 0 Å². The van der Waals surface area contributed by atoms with Gasteiger partial charge in [0.05, 0.1) is 12.7 Å². The van der Waals surface area contributed by atoms with E-state index in [0.717, 1.165) is 4.57 Å². The van der Waals surface area contributed by atoms with E-state index in [1.165, 1.54) is 12.3 Å². The third-order valence-electron chi connectivity index (χ3n) is 3.17. The Balaban J connectivity index is 0.00000420. The summed E-state index contributed by atoms with van der Waals surface area (Å²) in [6.07, 6.45) is -2.59. The fraction of sp³-hybridized carbons (Fsp3) is 0.556. The van der Waals surface area contributed by atoms with Gasteiger partial charge < -0.3 is 39.7 Å². The standard InChI is InChI=1S/C9H16N3O13P3.2Na/c10-7-1-2-12(9(14)11-7)8-3-5(13)6(23-8)4-22-27(18,19)25-28(20,21)24-26(15,16)17;;/h1-2,5-6,8,13H,3-4H2,(H,18,19)(H,20,21)(H2,10,11,14)(H2,15,16,17);;/q;2*+1/p-2/t5-,6-,8+;;/m0../s1. The van der Waals surface area contributed by atoms with Crippen LogP contribution in [0.4, 0.5) is 5.82 Å². The van der Waals surface area contributed by atoms with Crippen LogP contribution in [-0.4, -0.2) is 43.3 Å². The second-order valence-corrected chi connectivity index (χ2v) is 9.65. The summed E-state index contributed by atoms with van der Waals surface area (Å²) in [5, 5.41) is 9.91. The van der Waals surface area contributed by atoms with Crippen LogP contribution in [0.2, 0.25) is 0 Å². The van der Waals surface area contributed by atoms with Crippen LogP contribution in [0.1, 0.15) is 12.6 Å². The maximum Gasteiger partial charge on any atom is 1.00 e. The number of phosphoric ester groups is 1. The van der Waals surface area contributed by atoms with Gasteiger partial charge in [-0.05, 0) is 6.07 Å². The molecule has 2 heterocycles. The van der Waals surface area contributed by atoms with Gasteiger partial charge in [0.2, 0.25) is 0 Å². The molecule has 0 aromatic carbocycles. The van der Waals surface area contributed by atoms with Crippen molar-refractivity contribution in [3.05, 3.63) is 22.7 Å². The summed E-state index contributed by atoms with van der Waals surface area (Å²) in [6, 6.07) is 1.29. The number of nitrogens with two attached hydrogens (primary N) is 1. The van der Waals surface area contributed by atoms with Crippen LogP contribution in [0, 0.1) is 0 Å². The average molecular weight is 511 g/mol. The van der Waals surface area contributed by atoms with Crippen LogP contribution in [0.15, 0.2) is 17.1 Å². The smallest absolute Gasteiger partial charge is 0.756 e. The number of aliphatic hydroxyl groups is 1. The van der Waals surface area contributed by atoms with Crippen LogP contribution >= 0.6 is 23.5 Å². The monoisotopic (exact) mass is 511 g/mol. The van der Waals surface area contributed by atoms with Gasteiger partial charge in [0, 0.05) is 12.6 Å². The second-order valence-electron chi connectivity index (χ2n) is 5.32. The van der Waals surface area contributed by atoms with Crippen LogP contribution in [0.5, 0.6) is 0 Å². The molecule has 1 saturated heterocycles. The SMILES string of the molecule is Nc1ccn([C@H]2C[C@H](O)[C@H](COP(=O)([O-])OP(=O)(O)OP(=O)([O-])O)O2)c(=O)n1.[Na+].[Na+]. The molecule has 1 aliphatic heterocycles. The summed E-state index contributed by atoms with van der Waals surface area (Å²) in [5.74, 6) is -0.0507. The third-order valence-corrected chi connectivity index (χ3v) is 6.91. The topological polar surface area (TPSA) is 256 Å². The maximum atomic E-state index is 11.8. The molecule has 16 nitrogen and oxygen atoms in total. The number of aliphatic hydroxyl groups excluding tert-OH is 1. The summed E-state index contributed by atoms with van der Waals surface area (Å²) in [5.41, 5.74) is 4.55. The molecule has 1 aromatic rings. The van der Waals surface area contributed by atoms with Gasteiger partial charge >= 0.3 is 72.6 Å². The van der Waals surface area contributed by atoms with E-state index < -0.39 is 54.2 Å². The van der Waals surface area contributed by atoms with E-state index in [9.17, 15) is 33.4 Å². The minimum atomic E-state index is -5.79. The van der Waals surface area contributed by atoms with Crippen molar-refractivity contribution >= 4 is 29.3 Å². The number of rotatable bonds is 8. The van der Waals surface area contributed by atoms with Gasteiger partial charge in [0.25, 0.3) is 15.6 Å². The molecule has 3 unspecified atom stereocenters. The van der Waals surface area contributed by atoms with Crippen LogP contribution in [0.3, 0.4) is 0 Å².